The van der Waals surface area contributed by atoms with Gasteiger partial charge in [-0.25, -0.2) is 8.42 Å². The fourth-order valence-electron chi connectivity index (χ4n) is 2.38. The summed E-state index contributed by atoms with van der Waals surface area (Å²) in [7, 11) is -3.60. The van der Waals surface area contributed by atoms with Crippen molar-refractivity contribution < 1.29 is 17.9 Å². The predicted molar refractivity (Wildman–Crippen MR) is 104 cm³/mol. The van der Waals surface area contributed by atoms with E-state index in [0.29, 0.717) is 25.5 Å². The Bertz CT molecular complexity index is 786. The van der Waals surface area contributed by atoms with Crippen LogP contribution in [0.15, 0.2) is 53.4 Å². The van der Waals surface area contributed by atoms with Gasteiger partial charge >= 0.3 is 0 Å². The fourth-order valence-corrected chi connectivity index (χ4v) is 3.43. The quantitative estimate of drug-likeness (QED) is 0.636. The van der Waals surface area contributed by atoms with E-state index in [9.17, 15) is 8.42 Å². The van der Waals surface area contributed by atoms with Gasteiger partial charge in [-0.1, -0.05) is 31.2 Å². The van der Waals surface area contributed by atoms with Gasteiger partial charge in [0.15, 0.2) is 0 Å². The molecule has 2 aromatic carbocycles. The molecule has 0 bridgehead atoms. The smallest absolute Gasteiger partial charge is 0.261 e. The highest BCUT2D eigenvalue weighted by atomic mass is 32.2. The minimum absolute atomic E-state index is 0.183. The van der Waals surface area contributed by atoms with Crippen molar-refractivity contribution in [3.05, 3.63) is 59.7 Å². The summed E-state index contributed by atoms with van der Waals surface area (Å²) in [5.41, 5.74) is 2.52. The summed E-state index contributed by atoms with van der Waals surface area (Å²) in [6.07, 6.45) is 1.06. The molecule has 0 fully saturated rings. The van der Waals surface area contributed by atoms with Crippen LogP contribution in [-0.4, -0.2) is 27.7 Å². The molecule has 0 aliphatic carbocycles. The van der Waals surface area contributed by atoms with Crippen molar-refractivity contribution in [1.82, 2.24) is 0 Å². The minimum atomic E-state index is -3.60. The summed E-state index contributed by atoms with van der Waals surface area (Å²) in [5.74, 6) is 0. The lowest BCUT2D eigenvalue weighted by Gasteiger charge is -2.11. The molecule has 2 rings (SSSR count). The second kappa shape index (κ2) is 9.71. The Kier molecular flexibility index (Phi) is 7.63. The number of aryl methyl sites for hydroxylation is 1. The number of hydrogen-bond acceptors (Lipinski definition) is 4. The molecule has 0 radical (unpaired) electrons. The minimum Gasteiger partial charge on any atom is -0.376 e. The molecule has 2 aromatic rings. The van der Waals surface area contributed by atoms with Crippen LogP contribution < -0.4 is 4.72 Å². The zero-order valence-corrected chi connectivity index (χ0v) is 16.4. The van der Waals surface area contributed by atoms with Crippen LogP contribution in [0, 0.1) is 0 Å². The number of rotatable bonds is 10. The highest BCUT2D eigenvalue weighted by Crippen LogP contribution is 2.18. The standard InChI is InChI=1S/C20H27NO4S/c1-4-17-8-10-20(11-9-17)26(22,23)21-19-7-5-6-18(14-19)15-24-12-13-25-16(2)3/h5-11,14,16,21H,4,12-13,15H2,1-3H3. The van der Waals surface area contributed by atoms with E-state index in [1.54, 1.807) is 30.3 Å². The number of hydrogen-bond donors (Lipinski definition) is 1. The largest absolute Gasteiger partial charge is 0.376 e. The summed E-state index contributed by atoms with van der Waals surface area (Å²) in [5, 5.41) is 0. The van der Waals surface area contributed by atoms with Crippen LogP contribution in [0.2, 0.25) is 0 Å². The molecule has 0 saturated heterocycles. The molecule has 0 aromatic heterocycles. The molecule has 6 heteroatoms. The monoisotopic (exact) mass is 377 g/mol. The van der Waals surface area contributed by atoms with Crippen LogP contribution in [0.5, 0.6) is 0 Å². The molecule has 0 aliphatic heterocycles. The first-order chi connectivity index (χ1) is 12.4. The molecule has 0 amide bonds. The maximum absolute atomic E-state index is 12.5. The number of anilines is 1. The van der Waals surface area contributed by atoms with Gasteiger partial charge in [0, 0.05) is 5.69 Å². The Hall–Kier alpha value is -1.89. The Balaban J connectivity index is 1.96. The number of ether oxygens (including phenoxy) is 2. The Morgan fingerprint density at radius 2 is 1.73 bits per heavy atom. The first-order valence-corrected chi connectivity index (χ1v) is 10.3. The molecule has 26 heavy (non-hydrogen) atoms. The van der Waals surface area contributed by atoms with E-state index in [1.165, 1.54) is 0 Å². The van der Waals surface area contributed by atoms with Crippen molar-refractivity contribution in [1.29, 1.82) is 0 Å². The highest BCUT2D eigenvalue weighted by Gasteiger charge is 2.14. The molecule has 0 heterocycles. The van der Waals surface area contributed by atoms with Gasteiger partial charge in [0.05, 0.1) is 30.8 Å². The molecule has 0 atom stereocenters. The molecular formula is C20H27NO4S. The molecule has 0 unspecified atom stereocenters. The zero-order valence-electron chi connectivity index (χ0n) is 15.6. The van der Waals surface area contributed by atoms with E-state index in [2.05, 4.69) is 4.72 Å². The number of benzene rings is 2. The third-order valence-electron chi connectivity index (χ3n) is 3.77. The van der Waals surface area contributed by atoms with Crippen molar-refractivity contribution in [3.8, 4) is 0 Å². The van der Waals surface area contributed by atoms with E-state index < -0.39 is 10.0 Å². The molecule has 0 spiro atoms. The SMILES string of the molecule is CCc1ccc(S(=O)(=O)Nc2cccc(COCCOC(C)C)c2)cc1. The molecule has 1 N–H and O–H groups in total. The lowest BCUT2D eigenvalue weighted by Crippen LogP contribution is -2.13. The molecular weight excluding hydrogens is 350 g/mol. The van der Waals surface area contributed by atoms with Crippen LogP contribution in [0.1, 0.15) is 31.9 Å². The van der Waals surface area contributed by atoms with Crippen LogP contribution >= 0.6 is 0 Å². The van der Waals surface area contributed by atoms with Gasteiger partial charge in [-0.3, -0.25) is 4.72 Å². The van der Waals surface area contributed by atoms with Crippen molar-refractivity contribution >= 4 is 15.7 Å². The molecule has 5 nitrogen and oxygen atoms in total. The van der Waals surface area contributed by atoms with Gasteiger partial charge in [-0.2, -0.15) is 0 Å². The Morgan fingerprint density at radius 1 is 1.00 bits per heavy atom. The van der Waals surface area contributed by atoms with Crippen molar-refractivity contribution in [2.24, 2.45) is 0 Å². The summed E-state index contributed by atoms with van der Waals surface area (Å²) in [6.45, 7) is 7.43. The summed E-state index contributed by atoms with van der Waals surface area (Å²) < 4.78 is 38.6. The maximum Gasteiger partial charge on any atom is 0.261 e. The summed E-state index contributed by atoms with van der Waals surface area (Å²) >= 11 is 0. The second-order valence-corrected chi connectivity index (χ2v) is 7.96. The van der Waals surface area contributed by atoms with Crippen LogP contribution in [0.4, 0.5) is 5.69 Å². The highest BCUT2D eigenvalue weighted by molar-refractivity contribution is 7.92. The molecule has 142 valence electrons. The van der Waals surface area contributed by atoms with Crippen molar-refractivity contribution in [2.45, 2.75) is 44.8 Å². The van der Waals surface area contributed by atoms with Gasteiger partial charge in [0.1, 0.15) is 0 Å². The van der Waals surface area contributed by atoms with Crippen LogP contribution in [0.25, 0.3) is 0 Å². The van der Waals surface area contributed by atoms with Gasteiger partial charge in [0.25, 0.3) is 10.0 Å². The normalized spacial score (nSPS) is 11.7. The van der Waals surface area contributed by atoms with E-state index in [1.807, 2.05) is 39.0 Å². The van der Waals surface area contributed by atoms with E-state index in [4.69, 9.17) is 9.47 Å². The lowest BCUT2D eigenvalue weighted by molar-refractivity contribution is 0.0143. The summed E-state index contributed by atoms with van der Waals surface area (Å²) in [6, 6.07) is 14.1. The topological polar surface area (TPSA) is 64.6 Å². The third-order valence-corrected chi connectivity index (χ3v) is 5.17. The van der Waals surface area contributed by atoms with E-state index in [0.717, 1.165) is 17.5 Å². The lowest BCUT2D eigenvalue weighted by atomic mass is 10.2. The average Bonchev–Trinajstić information content (AvgIpc) is 2.61. The Labute approximate surface area is 156 Å². The number of sulfonamides is 1. The third kappa shape index (κ3) is 6.44. The first kappa shape index (κ1) is 20.4. The number of nitrogens with one attached hydrogen (secondary N) is 1. The maximum atomic E-state index is 12.5. The Morgan fingerprint density at radius 3 is 2.38 bits per heavy atom. The zero-order chi connectivity index (χ0) is 19.0. The fraction of sp³-hybridized carbons (Fsp3) is 0.400. The molecule has 0 aliphatic rings. The predicted octanol–water partition coefficient (Wildman–Crippen LogP) is 3.99. The van der Waals surface area contributed by atoms with Crippen LogP contribution in [0.3, 0.4) is 0 Å². The van der Waals surface area contributed by atoms with Crippen molar-refractivity contribution in [2.75, 3.05) is 17.9 Å². The van der Waals surface area contributed by atoms with Gasteiger partial charge in [0.2, 0.25) is 0 Å². The molecule has 0 saturated carbocycles. The van der Waals surface area contributed by atoms with Crippen molar-refractivity contribution in [3.63, 3.8) is 0 Å². The summed E-state index contributed by atoms with van der Waals surface area (Å²) in [4.78, 5) is 0.252. The van der Waals surface area contributed by atoms with E-state index >= 15 is 0 Å². The van der Waals surface area contributed by atoms with Gasteiger partial charge in [-0.15, -0.1) is 0 Å². The first-order valence-electron chi connectivity index (χ1n) is 8.80. The van der Waals surface area contributed by atoms with Gasteiger partial charge < -0.3 is 9.47 Å². The second-order valence-electron chi connectivity index (χ2n) is 6.28. The van der Waals surface area contributed by atoms with E-state index in [-0.39, 0.29) is 11.0 Å². The van der Waals surface area contributed by atoms with Crippen LogP contribution in [-0.2, 0) is 32.5 Å². The average molecular weight is 378 g/mol. The van der Waals surface area contributed by atoms with Gasteiger partial charge in [-0.05, 0) is 55.7 Å².